The van der Waals surface area contributed by atoms with Crippen LogP contribution >= 0.6 is 0 Å². The predicted octanol–water partition coefficient (Wildman–Crippen LogP) is 0.941. The van der Waals surface area contributed by atoms with Gasteiger partial charge in [0.25, 0.3) is 0 Å². The molecule has 2 rings (SSSR count). The van der Waals surface area contributed by atoms with Crippen molar-refractivity contribution in [2.45, 2.75) is 13.3 Å². The summed E-state index contributed by atoms with van der Waals surface area (Å²) >= 11 is 0. The maximum absolute atomic E-state index is 5.42. The maximum atomic E-state index is 5.42. The number of nitrogens with zero attached hydrogens (tertiary/aromatic N) is 3. The minimum Gasteiger partial charge on any atom is -0.354 e. The Morgan fingerprint density at radius 2 is 2.20 bits per heavy atom. The van der Waals surface area contributed by atoms with E-state index in [2.05, 4.69) is 15.1 Å². The van der Waals surface area contributed by atoms with E-state index in [4.69, 9.17) is 10.3 Å². The second-order valence-corrected chi connectivity index (χ2v) is 3.26. The first-order valence-corrected chi connectivity index (χ1v) is 4.74. The summed E-state index contributed by atoms with van der Waals surface area (Å²) in [7, 11) is 0. The fourth-order valence-electron chi connectivity index (χ4n) is 1.24. The smallest absolute Gasteiger partial charge is 0.187 e. The minimum absolute atomic E-state index is 0.579. The monoisotopic (exact) mass is 204 g/mol. The number of hydrogen-bond acceptors (Lipinski definition) is 5. The number of nitrogens with two attached hydrogens (primary N) is 1. The van der Waals surface area contributed by atoms with Crippen molar-refractivity contribution in [3.05, 3.63) is 29.8 Å². The molecule has 0 spiro atoms. The summed E-state index contributed by atoms with van der Waals surface area (Å²) in [5, 5.41) is 3.79. The highest BCUT2D eigenvalue weighted by Gasteiger charge is 2.05. The molecule has 0 fully saturated rings. The van der Waals surface area contributed by atoms with Gasteiger partial charge in [-0.25, -0.2) is 4.98 Å². The Kier molecular flexibility index (Phi) is 2.73. The van der Waals surface area contributed by atoms with Crippen LogP contribution in [0.25, 0.3) is 11.5 Å². The van der Waals surface area contributed by atoms with Crippen molar-refractivity contribution in [2.75, 3.05) is 6.54 Å². The van der Waals surface area contributed by atoms with Crippen LogP contribution in [0.2, 0.25) is 0 Å². The van der Waals surface area contributed by atoms with Crippen molar-refractivity contribution >= 4 is 0 Å². The lowest BCUT2D eigenvalue weighted by molar-refractivity contribution is 0.425. The highest BCUT2D eigenvalue weighted by atomic mass is 16.5. The van der Waals surface area contributed by atoms with Crippen LogP contribution in [0, 0.1) is 6.92 Å². The van der Waals surface area contributed by atoms with Crippen LogP contribution in [-0.4, -0.2) is 21.7 Å². The highest BCUT2D eigenvalue weighted by molar-refractivity contribution is 5.50. The summed E-state index contributed by atoms with van der Waals surface area (Å²) < 4.78 is 5.07. The van der Waals surface area contributed by atoms with Crippen LogP contribution in [0.4, 0.5) is 0 Å². The minimum atomic E-state index is 0.579. The van der Waals surface area contributed by atoms with E-state index in [0.29, 0.717) is 18.0 Å². The van der Waals surface area contributed by atoms with Gasteiger partial charge in [-0.05, 0) is 13.5 Å². The van der Waals surface area contributed by atoms with Crippen molar-refractivity contribution in [1.82, 2.24) is 15.1 Å². The zero-order valence-electron chi connectivity index (χ0n) is 8.47. The van der Waals surface area contributed by atoms with E-state index in [1.165, 1.54) is 0 Å². The van der Waals surface area contributed by atoms with Crippen molar-refractivity contribution in [1.29, 1.82) is 0 Å². The standard InChI is InChI=1S/C10H12N4O/c1-7-4-10(15-14-7)9-6-12-8(2-3-11)5-13-9/h4-6H,2-3,11H2,1H3. The molecule has 0 aromatic carbocycles. The Bertz CT molecular complexity index is 435. The Labute approximate surface area is 87.3 Å². The first-order valence-electron chi connectivity index (χ1n) is 4.74. The molecule has 0 aliphatic carbocycles. The fraction of sp³-hybridized carbons (Fsp3) is 0.300. The first kappa shape index (κ1) is 9.79. The van der Waals surface area contributed by atoms with Crippen molar-refractivity contribution in [3.8, 4) is 11.5 Å². The van der Waals surface area contributed by atoms with E-state index in [1.54, 1.807) is 12.4 Å². The van der Waals surface area contributed by atoms with Gasteiger partial charge in [0, 0.05) is 18.7 Å². The number of hydrogen-bond donors (Lipinski definition) is 1. The Morgan fingerprint density at radius 3 is 2.73 bits per heavy atom. The Hall–Kier alpha value is -1.75. The highest BCUT2D eigenvalue weighted by Crippen LogP contribution is 2.16. The molecule has 0 aliphatic heterocycles. The molecular formula is C10H12N4O. The van der Waals surface area contributed by atoms with E-state index in [9.17, 15) is 0 Å². The molecule has 78 valence electrons. The van der Waals surface area contributed by atoms with Gasteiger partial charge in [-0.15, -0.1) is 0 Å². The molecule has 0 radical (unpaired) electrons. The van der Waals surface area contributed by atoms with Gasteiger partial charge >= 0.3 is 0 Å². The van der Waals surface area contributed by atoms with Crippen molar-refractivity contribution in [3.63, 3.8) is 0 Å². The molecule has 5 nitrogen and oxygen atoms in total. The third-order valence-corrected chi connectivity index (χ3v) is 1.99. The molecule has 0 saturated heterocycles. The van der Waals surface area contributed by atoms with Crippen molar-refractivity contribution in [2.24, 2.45) is 5.73 Å². The number of aryl methyl sites for hydroxylation is 1. The molecule has 2 aromatic rings. The molecule has 0 aliphatic rings. The average molecular weight is 204 g/mol. The normalized spacial score (nSPS) is 10.5. The van der Waals surface area contributed by atoms with Gasteiger partial charge in [0.2, 0.25) is 0 Å². The first-order chi connectivity index (χ1) is 7.29. The summed E-state index contributed by atoms with van der Waals surface area (Å²) in [5.74, 6) is 0.638. The van der Waals surface area contributed by atoms with E-state index in [-0.39, 0.29) is 0 Å². The summed E-state index contributed by atoms with van der Waals surface area (Å²) in [6.45, 7) is 2.44. The molecule has 0 amide bonds. The second kappa shape index (κ2) is 4.18. The molecule has 2 heterocycles. The van der Waals surface area contributed by atoms with E-state index >= 15 is 0 Å². The van der Waals surface area contributed by atoms with Gasteiger partial charge in [0.15, 0.2) is 5.76 Å². The van der Waals surface area contributed by atoms with Crippen LogP contribution in [0.3, 0.4) is 0 Å². The van der Waals surface area contributed by atoms with Gasteiger partial charge in [-0.3, -0.25) is 4.98 Å². The molecule has 5 heteroatoms. The molecule has 0 saturated carbocycles. The van der Waals surface area contributed by atoms with Gasteiger partial charge in [-0.1, -0.05) is 5.16 Å². The zero-order chi connectivity index (χ0) is 10.7. The van der Waals surface area contributed by atoms with E-state index in [0.717, 1.165) is 17.8 Å². The van der Waals surface area contributed by atoms with Crippen LogP contribution in [0.1, 0.15) is 11.4 Å². The topological polar surface area (TPSA) is 77.8 Å². The average Bonchev–Trinajstić information content (AvgIpc) is 2.67. The lowest BCUT2D eigenvalue weighted by atomic mass is 10.3. The largest absolute Gasteiger partial charge is 0.354 e. The summed E-state index contributed by atoms with van der Waals surface area (Å²) in [6, 6.07) is 1.83. The SMILES string of the molecule is Cc1cc(-c2cnc(CCN)cn2)on1. The quantitative estimate of drug-likeness (QED) is 0.805. The molecule has 0 bridgehead atoms. The van der Waals surface area contributed by atoms with Crippen LogP contribution in [-0.2, 0) is 6.42 Å². The van der Waals surface area contributed by atoms with Gasteiger partial charge < -0.3 is 10.3 Å². The molecule has 0 unspecified atom stereocenters. The predicted molar refractivity (Wildman–Crippen MR) is 55.0 cm³/mol. The third-order valence-electron chi connectivity index (χ3n) is 1.99. The summed E-state index contributed by atoms with van der Waals surface area (Å²) in [6.07, 6.45) is 4.12. The van der Waals surface area contributed by atoms with Gasteiger partial charge in [-0.2, -0.15) is 0 Å². The molecule has 2 aromatic heterocycles. The van der Waals surface area contributed by atoms with Gasteiger partial charge in [0.1, 0.15) is 5.69 Å². The fourth-order valence-corrected chi connectivity index (χ4v) is 1.24. The molecule has 15 heavy (non-hydrogen) atoms. The van der Waals surface area contributed by atoms with Crippen LogP contribution in [0.5, 0.6) is 0 Å². The molecule has 0 atom stereocenters. The lowest BCUT2D eigenvalue weighted by Crippen LogP contribution is -2.04. The lowest BCUT2D eigenvalue weighted by Gasteiger charge is -1.97. The number of aromatic nitrogens is 3. The van der Waals surface area contributed by atoms with Crippen LogP contribution < -0.4 is 5.73 Å². The summed E-state index contributed by atoms with van der Waals surface area (Å²) in [4.78, 5) is 8.45. The second-order valence-electron chi connectivity index (χ2n) is 3.26. The molecular weight excluding hydrogens is 192 g/mol. The maximum Gasteiger partial charge on any atom is 0.187 e. The summed E-state index contributed by atoms with van der Waals surface area (Å²) in [5.41, 5.74) is 7.83. The Balaban J connectivity index is 2.23. The van der Waals surface area contributed by atoms with Gasteiger partial charge in [0.05, 0.1) is 17.6 Å². The molecule has 2 N–H and O–H groups in total. The van der Waals surface area contributed by atoms with Crippen molar-refractivity contribution < 1.29 is 4.52 Å². The van der Waals surface area contributed by atoms with Crippen LogP contribution in [0.15, 0.2) is 23.0 Å². The van der Waals surface area contributed by atoms with E-state index in [1.807, 2.05) is 13.0 Å². The third kappa shape index (κ3) is 2.19. The van der Waals surface area contributed by atoms with E-state index < -0.39 is 0 Å². The number of rotatable bonds is 3. The zero-order valence-corrected chi connectivity index (χ0v) is 8.47. The Morgan fingerprint density at radius 1 is 1.33 bits per heavy atom.